The van der Waals surface area contributed by atoms with E-state index < -0.39 is 4.92 Å². The fourth-order valence-corrected chi connectivity index (χ4v) is 2.51. The van der Waals surface area contributed by atoms with E-state index in [0.717, 1.165) is 6.42 Å². The first-order valence-electron chi connectivity index (χ1n) is 6.89. The number of carbonyl (C=O) groups excluding carboxylic acids is 1. The average Bonchev–Trinajstić information content (AvgIpc) is 2.89. The lowest BCUT2D eigenvalue weighted by molar-refractivity contribution is -0.384. The lowest BCUT2D eigenvalue weighted by Crippen LogP contribution is -2.32. The van der Waals surface area contributed by atoms with Gasteiger partial charge < -0.3 is 15.4 Å². The number of nitro benzene ring substituents is 1. The van der Waals surface area contributed by atoms with Crippen LogP contribution in [0.2, 0.25) is 0 Å². The third-order valence-electron chi connectivity index (χ3n) is 3.79. The average molecular weight is 293 g/mol. The molecule has 1 aliphatic heterocycles. The van der Waals surface area contributed by atoms with Gasteiger partial charge in [-0.3, -0.25) is 14.9 Å². The van der Waals surface area contributed by atoms with Gasteiger partial charge in [-0.05, 0) is 19.4 Å². The number of amides is 1. The number of nitrogens with zero attached hydrogens (tertiary/aromatic N) is 1. The summed E-state index contributed by atoms with van der Waals surface area (Å²) in [5.74, 6) is -0.0344. The predicted molar refractivity (Wildman–Crippen MR) is 78.5 cm³/mol. The van der Waals surface area contributed by atoms with Crippen molar-refractivity contribution in [1.82, 2.24) is 5.32 Å². The van der Waals surface area contributed by atoms with Crippen LogP contribution in [0.5, 0.6) is 0 Å². The normalized spacial score (nSPS) is 21.0. The van der Waals surface area contributed by atoms with Gasteiger partial charge in [-0.1, -0.05) is 6.07 Å². The maximum Gasteiger partial charge on any atom is 0.293 e. The highest BCUT2D eigenvalue weighted by Crippen LogP contribution is 2.28. The smallest absolute Gasteiger partial charge is 0.293 e. The molecular formula is C14H19N3O4. The fourth-order valence-electron chi connectivity index (χ4n) is 2.51. The zero-order valence-electron chi connectivity index (χ0n) is 12.1. The highest BCUT2D eigenvalue weighted by Gasteiger charge is 2.26. The highest BCUT2D eigenvalue weighted by atomic mass is 16.6. The van der Waals surface area contributed by atoms with Gasteiger partial charge >= 0.3 is 0 Å². The van der Waals surface area contributed by atoms with E-state index in [2.05, 4.69) is 10.6 Å². The summed E-state index contributed by atoms with van der Waals surface area (Å²) in [7, 11) is 1.56. The van der Waals surface area contributed by atoms with Crippen LogP contribution < -0.4 is 10.6 Å². The van der Waals surface area contributed by atoms with Gasteiger partial charge in [-0.15, -0.1) is 0 Å². The molecule has 0 radical (unpaired) electrons. The van der Waals surface area contributed by atoms with E-state index >= 15 is 0 Å². The standard InChI is InChI=1S/C14H19N3O4/c1-9-10(6-7-21-9)8-16-14(18)11-4-3-5-12(17(19)20)13(11)15-2/h3-5,9-10,15H,6-8H2,1-2H3,(H,16,18). The first-order chi connectivity index (χ1) is 10.0. The molecule has 7 nitrogen and oxygen atoms in total. The van der Waals surface area contributed by atoms with Crippen molar-refractivity contribution in [2.24, 2.45) is 5.92 Å². The van der Waals surface area contributed by atoms with Crippen molar-refractivity contribution in [3.05, 3.63) is 33.9 Å². The molecule has 2 unspecified atom stereocenters. The van der Waals surface area contributed by atoms with Crippen LogP contribution in [0.15, 0.2) is 18.2 Å². The molecule has 0 bridgehead atoms. The van der Waals surface area contributed by atoms with E-state index in [-0.39, 0.29) is 34.9 Å². The van der Waals surface area contributed by atoms with Crippen molar-refractivity contribution in [2.45, 2.75) is 19.4 Å². The Balaban J connectivity index is 2.11. The number of nitro groups is 1. The molecule has 2 rings (SSSR count). The van der Waals surface area contributed by atoms with Crippen molar-refractivity contribution >= 4 is 17.3 Å². The largest absolute Gasteiger partial charge is 0.382 e. The number of hydrogen-bond donors (Lipinski definition) is 2. The zero-order valence-corrected chi connectivity index (χ0v) is 12.1. The quantitative estimate of drug-likeness (QED) is 0.637. The number of benzene rings is 1. The third-order valence-corrected chi connectivity index (χ3v) is 3.79. The lowest BCUT2D eigenvalue weighted by Gasteiger charge is -2.15. The Bertz CT molecular complexity index is 547. The van der Waals surface area contributed by atoms with E-state index in [1.807, 2.05) is 6.92 Å². The Hall–Kier alpha value is -2.15. The maximum atomic E-state index is 12.2. The van der Waals surface area contributed by atoms with Crippen LogP contribution in [-0.4, -0.2) is 37.1 Å². The molecule has 0 saturated carbocycles. The van der Waals surface area contributed by atoms with Gasteiger partial charge in [0.2, 0.25) is 0 Å². The molecule has 21 heavy (non-hydrogen) atoms. The summed E-state index contributed by atoms with van der Waals surface area (Å²) in [6.45, 7) is 3.20. The summed E-state index contributed by atoms with van der Waals surface area (Å²) in [5, 5.41) is 16.5. The number of hydrogen-bond acceptors (Lipinski definition) is 5. The van der Waals surface area contributed by atoms with Crippen LogP contribution in [-0.2, 0) is 4.74 Å². The Morgan fingerprint density at radius 3 is 2.86 bits per heavy atom. The molecule has 1 aromatic rings. The summed E-state index contributed by atoms with van der Waals surface area (Å²) < 4.78 is 5.45. The number of anilines is 1. The number of ether oxygens (including phenoxy) is 1. The second kappa shape index (κ2) is 6.53. The van der Waals surface area contributed by atoms with Gasteiger partial charge in [0.05, 0.1) is 16.6 Å². The van der Waals surface area contributed by atoms with Gasteiger partial charge in [0, 0.05) is 32.2 Å². The molecule has 1 aromatic carbocycles. The third kappa shape index (κ3) is 3.30. The van der Waals surface area contributed by atoms with Crippen LogP contribution in [0.3, 0.4) is 0 Å². The van der Waals surface area contributed by atoms with Gasteiger partial charge in [-0.25, -0.2) is 0 Å². The minimum atomic E-state index is -0.504. The Morgan fingerprint density at radius 1 is 1.52 bits per heavy atom. The van der Waals surface area contributed by atoms with Crippen molar-refractivity contribution in [3.8, 4) is 0 Å². The first-order valence-corrected chi connectivity index (χ1v) is 6.89. The van der Waals surface area contributed by atoms with Gasteiger partial charge in [0.25, 0.3) is 11.6 Å². The number of nitrogens with one attached hydrogen (secondary N) is 2. The predicted octanol–water partition coefficient (Wildman–Crippen LogP) is 1.79. The molecule has 1 heterocycles. The Kier molecular flexibility index (Phi) is 4.74. The molecule has 7 heteroatoms. The maximum absolute atomic E-state index is 12.2. The molecule has 2 atom stereocenters. The summed E-state index contributed by atoms with van der Waals surface area (Å²) >= 11 is 0. The minimum absolute atomic E-state index is 0.109. The van der Waals surface area contributed by atoms with Crippen molar-refractivity contribution in [2.75, 3.05) is 25.5 Å². The molecule has 0 spiro atoms. The summed E-state index contributed by atoms with van der Waals surface area (Å²) in [6.07, 6.45) is 1.04. The Labute approximate surface area is 122 Å². The van der Waals surface area contributed by atoms with Crippen LogP contribution in [0.25, 0.3) is 0 Å². The zero-order chi connectivity index (χ0) is 15.4. The van der Waals surface area contributed by atoms with Crippen molar-refractivity contribution in [1.29, 1.82) is 0 Å². The van der Waals surface area contributed by atoms with E-state index in [9.17, 15) is 14.9 Å². The molecule has 114 valence electrons. The molecule has 1 amide bonds. The summed E-state index contributed by atoms with van der Waals surface area (Å²) in [6, 6.07) is 4.45. The van der Waals surface area contributed by atoms with Crippen LogP contribution in [0, 0.1) is 16.0 Å². The number of rotatable bonds is 5. The fraction of sp³-hybridized carbons (Fsp3) is 0.500. The topological polar surface area (TPSA) is 93.5 Å². The SMILES string of the molecule is CNc1c(C(=O)NCC2CCOC2C)cccc1[N+](=O)[O-]. The second-order valence-corrected chi connectivity index (χ2v) is 5.04. The van der Waals surface area contributed by atoms with E-state index in [0.29, 0.717) is 13.2 Å². The monoisotopic (exact) mass is 293 g/mol. The number of carbonyl (C=O) groups is 1. The van der Waals surface area contributed by atoms with E-state index in [1.165, 1.54) is 12.1 Å². The molecular weight excluding hydrogens is 274 g/mol. The van der Waals surface area contributed by atoms with Gasteiger partial charge in [0.1, 0.15) is 5.69 Å². The molecule has 1 saturated heterocycles. The van der Waals surface area contributed by atoms with Gasteiger partial charge in [0.15, 0.2) is 0 Å². The summed E-state index contributed by atoms with van der Waals surface area (Å²) in [5.41, 5.74) is 0.400. The minimum Gasteiger partial charge on any atom is -0.382 e. The molecule has 0 aliphatic carbocycles. The van der Waals surface area contributed by atoms with Crippen LogP contribution in [0.1, 0.15) is 23.7 Å². The lowest BCUT2D eigenvalue weighted by atomic mass is 10.0. The van der Waals surface area contributed by atoms with Crippen LogP contribution >= 0.6 is 0 Å². The molecule has 0 aromatic heterocycles. The van der Waals surface area contributed by atoms with Gasteiger partial charge in [-0.2, -0.15) is 0 Å². The Morgan fingerprint density at radius 2 is 2.29 bits per heavy atom. The molecule has 1 fully saturated rings. The van der Waals surface area contributed by atoms with E-state index in [1.54, 1.807) is 13.1 Å². The molecule has 2 N–H and O–H groups in total. The van der Waals surface area contributed by atoms with Crippen molar-refractivity contribution in [3.63, 3.8) is 0 Å². The first kappa shape index (κ1) is 15.2. The summed E-state index contributed by atoms with van der Waals surface area (Å²) in [4.78, 5) is 22.7. The highest BCUT2D eigenvalue weighted by molar-refractivity contribution is 6.01. The molecule has 1 aliphatic rings. The van der Waals surface area contributed by atoms with E-state index in [4.69, 9.17) is 4.74 Å². The van der Waals surface area contributed by atoms with Crippen molar-refractivity contribution < 1.29 is 14.5 Å². The number of para-hydroxylation sites is 1. The second-order valence-electron chi connectivity index (χ2n) is 5.04. The van der Waals surface area contributed by atoms with Crippen LogP contribution in [0.4, 0.5) is 11.4 Å².